The molecule has 1 aromatic rings. The molecule has 0 atom stereocenters. The van der Waals surface area contributed by atoms with Crippen LogP contribution >= 0.6 is 15.9 Å². The van der Waals surface area contributed by atoms with Crippen molar-refractivity contribution in [2.75, 3.05) is 6.61 Å². The number of ether oxygens (including phenoxy) is 1. The Morgan fingerprint density at radius 2 is 2.25 bits per heavy atom. The molecule has 0 bridgehead atoms. The Balaban J connectivity index is 2.71. The smallest absolute Gasteiger partial charge is 0.206 e. The molecule has 0 radical (unpaired) electrons. The van der Waals surface area contributed by atoms with Crippen molar-refractivity contribution >= 4 is 21.7 Å². The fourth-order valence-corrected chi connectivity index (χ4v) is 1.46. The third-order valence-corrected chi connectivity index (χ3v) is 2.31. The number of fused-ring (bicyclic) bond motifs is 1. The molecule has 1 heterocycles. The lowest BCUT2D eigenvalue weighted by Gasteiger charge is -1.98. The second-order valence-corrected chi connectivity index (χ2v) is 3.30. The molecule has 0 aliphatic carbocycles. The zero-order valence-electron chi connectivity index (χ0n) is 5.93. The minimum Gasteiger partial charge on any atom is -0.485 e. The maximum Gasteiger partial charge on any atom is 0.206 e. The normalized spacial score (nSPS) is 14.3. The lowest BCUT2D eigenvalue weighted by Crippen LogP contribution is -2.01. The highest BCUT2D eigenvalue weighted by molar-refractivity contribution is 9.10. The van der Waals surface area contributed by atoms with E-state index in [0.717, 1.165) is 0 Å². The van der Waals surface area contributed by atoms with Gasteiger partial charge in [-0.25, -0.2) is 4.39 Å². The van der Waals surface area contributed by atoms with Crippen LogP contribution in [0.1, 0.15) is 10.4 Å². The van der Waals surface area contributed by atoms with Crippen LogP contribution in [0.2, 0.25) is 0 Å². The van der Waals surface area contributed by atoms with E-state index in [1.165, 1.54) is 6.07 Å². The quantitative estimate of drug-likeness (QED) is 0.683. The van der Waals surface area contributed by atoms with Gasteiger partial charge in [0.05, 0.1) is 4.47 Å². The molecule has 4 heteroatoms. The molecule has 1 aromatic carbocycles. The predicted molar refractivity (Wildman–Crippen MR) is 43.9 cm³/mol. The molecule has 1 aliphatic rings. The van der Waals surface area contributed by atoms with Gasteiger partial charge in [0, 0.05) is 0 Å². The van der Waals surface area contributed by atoms with Gasteiger partial charge in [-0.3, -0.25) is 4.79 Å². The van der Waals surface area contributed by atoms with Gasteiger partial charge in [-0.05, 0) is 28.1 Å². The van der Waals surface area contributed by atoms with Crippen LogP contribution in [0, 0.1) is 5.82 Å². The second-order valence-electron chi connectivity index (χ2n) is 2.45. The Kier molecular flexibility index (Phi) is 1.65. The molecule has 62 valence electrons. The van der Waals surface area contributed by atoms with E-state index in [0.29, 0.717) is 10.2 Å². The Bertz CT molecular complexity index is 362. The molecule has 2 nitrogen and oxygen atoms in total. The number of carbonyl (C=O) groups excluding carboxylic acids is 1. The third kappa shape index (κ3) is 0.948. The van der Waals surface area contributed by atoms with Crippen molar-refractivity contribution in [3.8, 4) is 5.75 Å². The van der Waals surface area contributed by atoms with E-state index in [2.05, 4.69) is 15.9 Å². The van der Waals surface area contributed by atoms with Crippen LogP contribution in [0.4, 0.5) is 4.39 Å². The van der Waals surface area contributed by atoms with Gasteiger partial charge < -0.3 is 4.74 Å². The Morgan fingerprint density at radius 3 is 3.00 bits per heavy atom. The molecule has 0 fully saturated rings. The molecule has 0 aromatic heterocycles. The van der Waals surface area contributed by atoms with Crippen LogP contribution in [0.3, 0.4) is 0 Å². The van der Waals surface area contributed by atoms with E-state index < -0.39 is 5.82 Å². The molecule has 0 unspecified atom stereocenters. The molecule has 1 aliphatic heterocycles. The van der Waals surface area contributed by atoms with E-state index in [1.54, 1.807) is 6.07 Å². The average Bonchev–Trinajstić information content (AvgIpc) is 2.41. The van der Waals surface area contributed by atoms with Crippen molar-refractivity contribution in [1.29, 1.82) is 0 Å². The minimum absolute atomic E-state index is 0.0529. The summed E-state index contributed by atoms with van der Waals surface area (Å²) in [4.78, 5) is 11.1. The monoisotopic (exact) mass is 230 g/mol. The third-order valence-electron chi connectivity index (χ3n) is 1.69. The molecule has 0 saturated heterocycles. The number of rotatable bonds is 0. The van der Waals surface area contributed by atoms with Crippen molar-refractivity contribution in [2.24, 2.45) is 0 Å². The van der Waals surface area contributed by atoms with E-state index in [-0.39, 0.29) is 18.0 Å². The Morgan fingerprint density at radius 1 is 1.50 bits per heavy atom. The fourth-order valence-electron chi connectivity index (χ4n) is 1.13. The van der Waals surface area contributed by atoms with Crippen LogP contribution < -0.4 is 4.74 Å². The summed E-state index contributed by atoms with van der Waals surface area (Å²) in [6.45, 7) is -0.0529. The highest BCUT2D eigenvalue weighted by atomic mass is 79.9. The summed E-state index contributed by atoms with van der Waals surface area (Å²) in [7, 11) is 0. The van der Waals surface area contributed by atoms with E-state index in [1.807, 2.05) is 0 Å². The number of hydrogen-bond acceptors (Lipinski definition) is 2. The largest absolute Gasteiger partial charge is 0.485 e. The van der Waals surface area contributed by atoms with Crippen LogP contribution in [0.25, 0.3) is 0 Å². The number of benzene rings is 1. The molecule has 0 N–H and O–H groups in total. The highest BCUT2D eigenvalue weighted by Crippen LogP contribution is 2.31. The van der Waals surface area contributed by atoms with Gasteiger partial charge in [0.1, 0.15) is 11.3 Å². The molecule has 12 heavy (non-hydrogen) atoms. The standard InChI is InChI=1S/C8H4BrFO2/c9-4-1-2-6-7(8(4)10)5(11)3-12-6/h1-2H,3H2. The number of hydrogen-bond donors (Lipinski definition) is 0. The van der Waals surface area contributed by atoms with E-state index >= 15 is 0 Å². The van der Waals surface area contributed by atoms with Gasteiger partial charge in [-0.15, -0.1) is 0 Å². The minimum atomic E-state index is -0.532. The maximum atomic E-state index is 13.2. The topological polar surface area (TPSA) is 26.3 Å². The van der Waals surface area contributed by atoms with Gasteiger partial charge in [-0.1, -0.05) is 0 Å². The fraction of sp³-hybridized carbons (Fsp3) is 0.125. The Labute approximate surface area is 76.5 Å². The molecular formula is C8H4BrFO2. The van der Waals surface area contributed by atoms with Crippen molar-refractivity contribution in [1.82, 2.24) is 0 Å². The van der Waals surface area contributed by atoms with Crippen molar-refractivity contribution < 1.29 is 13.9 Å². The number of halogens is 2. The van der Waals surface area contributed by atoms with E-state index in [4.69, 9.17) is 4.74 Å². The molecule has 0 amide bonds. The second kappa shape index (κ2) is 2.55. The van der Waals surface area contributed by atoms with Gasteiger partial charge in [-0.2, -0.15) is 0 Å². The first kappa shape index (κ1) is 7.73. The summed E-state index contributed by atoms with van der Waals surface area (Å²) in [5.74, 6) is -0.500. The molecular weight excluding hydrogens is 227 g/mol. The van der Waals surface area contributed by atoms with Crippen LogP contribution in [0.15, 0.2) is 16.6 Å². The molecule has 0 saturated carbocycles. The zero-order valence-corrected chi connectivity index (χ0v) is 7.52. The van der Waals surface area contributed by atoms with Crippen molar-refractivity contribution in [3.05, 3.63) is 28.0 Å². The van der Waals surface area contributed by atoms with Crippen LogP contribution in [0.5, 0.6) is 5.75 Å². The summed E-state index contributed by atoms with van der Waals surface area (Å²) < 4.78 is 18.4. The van der Waals surface area contributed by atoms with Crippen molar-refractivity contribution in [2.45, 2.75) is 0 Å². The lowest BCUT2D eigenvalue weighted by atomic mass is 10.1. The number of carbonyl (C=O) groups is 1. The summed E-state index contributed by atoms with van der Waals surface area (Å²) in [5.41, 5.74) is 0.0596. The van der Waals surface area contributed by atoms with Gasteiger partial charge in [0.25, 0.3) is 0 Å². The number of Topliss-reactive ketones (excluding diaryl/α,β-unsaturated/α-hetero) is 1. The lowest BCUT2D eigenvalue weighted by molar-refractivity contribution is 0.0958. The first-order chi connectivity index (χ1) is 5.70. The summed E-state index contributed by atoms with van der Waals surface area (Å²) in [5, 5.41) is 0. The predicted octanol–water partition coefficient (Wildman–Crippen LogP) is 2.16. The van der Waals surface area contributed by atoms with Crippen LogP contribution in [-0.2, 0) is 0 Å². The van der Waals surface area contributed by atoms with Gasteiger partial charge in [0.15, 0.2) is 12.4 Å². The molecule has 0 spiro atoms. The summed E-state index contributed by atoms with van der Waals surface area (Å²) >= 11 is 2.99. The Hall–Kier alpha value is -0.900. The summed E-state index contributed by atoms with van der Waals surface area (Å²) in [6, 6.07) is 3.10. The number of ketones is 1. The maximum absolute atomic E-state index is 13.2. The SMILES string of the molecule is O=C1COc2ccc(Br)c(F)c21. The zero-order chi connectivity index (χ0) is 8.72. The average molecular weight is 231 g/mol. The van der Waals surface area contributed by atoms with Gasteiger partial charge >= 0.3 is 0 Å². The van der Waals surface area contributed by atoms with Crippen molar-refractivity contribution in [3.63, 3.8) is 0 Å². The first-order valence-electron chi connectivity index (χ1n) is 3.34. The summed E-state index contributed by atoms with van der Waals surface area (Å²) in [6.07, 6.45) is 0. The molecule has 2 rings (SSSR count). The first-order valence-corrected chi connectivity index (χ1v) is 4.13. The van der Waals surface area contributed by atoms with E-state index in [9.17, 15) is 9.18 Å². The van der Waals surface area contributed by atoms with Crippen LogP contribution in [-0.4, -0.2) is 12.4 Å². The highest BCUT2D eigenvalue weighted by Gasteiger charge is 2.26. The van der Waals surface area contributed by atoms with Gasteiger partial charge in [0.2, 0.25) is 5.78 Å².